The zero-order chi connectivity index (χ0) is 15.1. The summed E-state index contributed by atoms with van der Waals surface area (Å²) < 4.78 is 0. The summed E-state index contributed by atoms with van der Waals surface area (Å²) in [5, 5.41) is 13.0. The summed E-state index contributed by atoms with van der Waals surface area (Å²) in [6, 6.07) is 4.96. The van der Waals surface area contributed by atoms with Gasteiger partial charge < -0.3 is 10.4 Å². The predicted molar refractivity (Wildman–Crippen MR) is 87.5 cm³/mol. The molecule has 1 rings (SSSR count). The summed E-state index contributed by atoms with van der Waals surface area (Å²) in [5.74, 6) is -0.226. The van der Waals surface area contributed by atoms with E-state index >= 15 is 0 Å². The van der Waals surface area contributed by atoms with E-state index in [0.29, 0.717) is 10.0 Å². The molecule has 1 amide bonds. The largest absolute Gasteiger partial charge is 0.395 e. The van der Waals surface area contributed by atoms with Crippen LogP contribution in [0.2, 0.25) is 10.0 Å². The van der Waals surface area contributed by atoms with E-state index in [1.165, 1.54) is 17.8 Å². The number of carbonyl (C=O) groups is 1. The number of aliphatic hydroxyl groups is 1. The minimum Gasteiger partial charge on any atom is -0.395 e. The van der Waals surface area contributed by atoms with Gasteiger partial charge in [0.1, 0.15) is 0 Å². The predicted octanol–water partition coefficient (Wildman–Crippen LogP) is 3.24. The molecule has 0 spiro atoms. The molecule has 2 atom stereocenters. The zero-order valence-electron chi connectivity index (χ0n) is 11.3. The highest BCUT2D eigenvalue weighted by atomic mass is 35.5. The number of hydrogen-bond acceptors (Lipinski definition) is 3. The fourth-order valence-corrected chi connectivity index (χ4v) is 2.70. The van der Waals surface area contributed by atoms with Crippen molar-refractivity contribution in [1.82, 2.24) is 5.32 Å². The van der Waals surface area contributed by atoms with Crippen LogP contribution < -0.4 is 5.32 Å². The van der Waals surface area contributed by atoms with Crippen molar-refractivity contribution in [2.45, 2.75) is 18.2 Å². The van der Waals surface area contributed by atoms with Gasteiger partial charge in [0.05, 0.1) is 6.61 Å². The van der Waals surface area contributed by atoms with Gasteiger partial charge in [-0.2, -0.15) is 11.8 Å². The zero-order valence-corrected chi connectivity index (χ0v) is 13.6. The summed E-state index contributed by atoms with van der Waals surface area (Å²) in [7, 11) is 0. The third-order valence-corrected chi connectivity index (χ3v) is 4.51. The number of benzene rings is 1. The standard InChI is InChI=1S/C14H17Cl2NO2S/c1-9(13(8-18)20-2)17-14(19)6-4-10-3-5-11(15)7-12(10)16/h3-7,9,13,18H,8H2,1-2H3,(H,17,19)/b6-4+. The second-order valence-electron chi connectivity index (χ2n) is 4.25. The van der Waals surface area contributed by atoms with Crippen molar-refractivity contribution in [3.8, 4) is 0 Å². The minimum atomic E-state index is -0.226. The number of aliphatic hydroxyl groups excluding tert-OH is 1. The Morgan fingerprint density at radius 3 is 2.75 bits per heavy atom. The second kappa shape index (κ2) is 8.57. The van der Waals surface area contributed by atoms with Gasteiger partial charge in [-0.25, -0.2) is 0 Å². The van der Waals surface area contributed by atoms with Crippen LogP contribution in [-0.2, 0) is 4.79 Å². The SMILES string of the molecule is CSC(CO)C(C)NC(=O)/C=C/c1ccc(Cl)cc1Cl. The molecule has 6 heteroatoms. The molecule has 0 saturated heterocycles. The van der Waals surface area contributed by atoms with E-state index in [2.05, 4.69) is 5.32 Å². The molecular formula is C14H17Cl2NO2S. The molecule has 20 heavy (non-hydrogen) atoms. The maximum Gasteiger partial charge on any atom is 0.244 e. The molecule has 0 aliphatic heterocycles. The Kier molecular flexibility index (Phi) is 7.45. The van der Waals surface area contributed by atoms with E-state index in [-0.39, 0.29) is 23.8 Å². The second-order valence-corrected chi connectivity index (χ2v) is 6.17. The van der Waals surface area contributed by atoms with Crippen molar-refractivity contribution in [2.75, 3.05) is 12.9 Å². The summed E-state index contributed by atoms with van der Waals surface area (Å²) in [5.41, 5.74) is 0.724. The number of thioether (sulfide) groups is 1. The first-order valence-electron chi connectivity index (χ1n) is 6.05. The summed E-state index contributed by atoms with van der Waals surface area (Å²) in [6.45, 7) is 1.88. The van der Waals surface area contributed by atoms with E-state index in [9.17, 15) is 4.79 Å². The third kappa shape index (κ3) is 5.37. The van der Waals surface area contributed by atoms with Crippen molar-refractivity contribution in [3.05, 3.63) is 39.9 Å². The number of nitrogens with one attached hydrogen (secondary N) is 1. The average molecular weight is 334 g/mol. The van der Waals surface area contributed by atoms with Gasteiger partial charge in [-0.15, -0.1) is 0 Å². The topological polar surface area (TPSA) is 49.3 Å². The summed E-state index contributed by atoms with van der Waals surface area (Å²) >= 11 is 13.3. The molecule has 0 aliphatic rings. The summed E-state index contributed by atoms with van der Waals surface area (Å²) in [6.07, 6.45) is 4.95. The smallest absolute Gasteiger partial charge is 0.244 e. The molecule has 0 heterocycles. The Morgan fingerprint density at radius 1 is 1.50 bits per heavy atom. The van der Waals surface area contributed by atoms with Gasteiger partial charge in [-0.1, -0.05) is 29.3 Å². The van der Waals surface area contributed by atoms with Crippen molar-refractivity contribution >= 4 is 46.9 Å². The number of rotatable bonds is 6. The highest BCUT2D eigenvalue weighted by Crippen LogP contribution is 2.21. The third-order valence-electron chi connectivity index (χ3n) is 2.79. The van der Waals surface area contributed by atoms with Crippen molar-refractivity contribution in [2.24, 2.45) is 0 Å². The number of amides is 1. The van der Waals surface area contributed by atoms with Crippen LogP contribution >= 0.6 is 35.0 Å². The quantitative estimate of drug-likeness (QED) is 0.786. The Morgan fingerprint density at radius 2 is 2.20 bits per heavy atom. The van der Waals surface area contributed by atoms with Crippen LogP contribution in [-0.4, -0.2) is 35.2 Å². The lowest BCUT2D eigenvalue weighted by Crippen LogP contribution is -2.40. The van der Waals surface area contributed by atoms with Crippen LogP contribution in [0, 0.1) is 0 Å². The van der Waals surface area contributed by atoms with Gasteiger partial charge in [0.25, 0.3) is 0 Å². The van der Waals surface area contributed by atoms with Gasteiger partial charge in [0, 0.05) is 27.4 Å². The molecule has 2 unspecified atom stereocenters. The van der Waals surface area contributed by atoms with E-state index < -0.39 is 0 Å². The van der Waals surface area contributed by atoms with E-state index in [0.717, 1.165) is 5.56 Å². The van der Waals surface area contributed by atoms with E-state index in [1.807, 2.05) is 13.2 Å². The lowest BCUT2D eigenvalue weighted by atomic mass is 10.2. The molecule has 0 saturated carbocycles. The van der Waals surface area contributed by atoms with Crippen LogP contribution in [0.5, 0.6) is 0 Å². The fraction of sp³-hybridized carbons (Fsp3) is 0.357. The molecule has 110 valence electrons. The lowest BCUT2D eigenvalue weighted by Gasteiger charge is -2.20. The Balaban J connectivity index is 2.63. The summed E-state index contributed by atoms with van der Waals surface area (Å²) in [4.78, 5) is 11.8. The molecule has 0 fully saturated rings. The molecule has 1 aromatic carbocycles. The maximum atomic E-state index is 11.8. The van der Waals surface area contributed by atoms with E-state index in [4.69, 9.17) is 28.3 Å². The van der Waals surface area contributed by atoms with Crippen LogP contribution in [0.15, 0.2) is 24.3 Å². The van der Waals surface area contributed by atoms with Crippen LogP contribution in [0.3, 0.4) is 0 Å². The van der Waals surface area contributed by atoms with Crippen molar-refractivity contribution in [3.63, 3.8) is 0 Å². The number of halogens is 2. The molecule has 1 aromatic rings. The molecule has 0 bridgehead atoms. The van der Waals surface area contributed by atoms with Crippen molar-refractivity contribution in [1.29, 1.82) is 0 Å². The molecule has 3 nitrogen and oxygen atoms in total. The lowest BCUT2D eigenvalue weighted by molar-refractivity contribution is -0.117. The van der Waals surface area contributed by atoms with Crippen LogP contribution in [0.1, 0.15) is 12.5 Å². The Bertz CT molecular complexity index is 490. The molecule has 0 aromatic heterocycles. The fourth-order valence-electron chi connectivity index (χ4n) is 1.60. The van der Waals surface area contributed by atoms with Gasteiger partial charge in [-0.05, 0) is 37.0 Å². The Hall–Kier alpha value is -0.680. The van der Waals surface area contributed by atoms with E-state index in [1.54, 1.807) is 24.3 Å². The van der Waals surface area contributed by atoms with Gasteiger partial charge >= 0.3 is 0 Å². The highest BCUT2D eigenvalue weighted by Gasteiger charge is 2.16. The number of hydrogen-bond donors (Lipinski definition) is 2. The minimum absolute atomic E-state index is 0.0218. The molecule has 0 aliphatic carbocycles. The molecular weight excluding hydrogens is 317 g/mol. The van der Waals surface area contributed by atoms with Crippen LogP contribution in [0.25, 0.3) is 6.08 Å². The first kappa shape index (κ1) is 17.4. The Labute approximate surface area is 133 Å². The first-order valence-corrected chi connectivity index (χ1v) is 8.09. The highest BCUT2D eigenvalue weighted by molar-refractivity contribution is 7.99. The average Bonchev–Trinajstić information content (AvgIpc) is 2.39. The monoisotopic (exact) mass is 333 g/mol. The molecule has 2 N–H and O–H groups in total. The van der Waals surface area contributed by atoms with Gasteiger partial charge in [0.15, 0.2) is 0 Å². The first-order chi connectivity index (χ1) is 9.47. The normalized spacial score (nSPS) is 14.2. The number of carbonyl (C=O) groups excluding carboxylic acids is 1. The maximum absolute atomic E-state index is 11.8. The van der Waals surface area contributed by atoms with Crippen LogP contribution in [0.4, 0.5) is 0 Å². The van der Waals surface area contributed by atoms with Crippen molar-refractivity contribution < 1.29 is 9.90 Å². The van der Waals surface area contributed by atoms with Gasteiger partial charge in [0.2, 0.25) is 5.91 Å². The molecule has 0 radical (unpaired) electrons. The van der Waals surface area contributed by atoms with Gasteiger partial charge in [-0.3, -0.25) is 4.79 Å².